The van der Waals surface area contributed by atoms with Crippen molar-refractivity contribution in [3.05, 3.63) is 54.6 Å². The molecule has 0 unspecified atom stereocenters. The molecule has 0 heterocycles. The van der Waals surface area contributed by atoms with Gasteiger partial charge >= 0.3 is 0 Å². The molecule has 0 bridgehead atoms. The molecule has 4 nitrogen and oxygen atoms in total. The molecule has 1 N–H and O–H groups in total. The Hall–Kier alpha value is -2.20. The smallest absolute Gasteiger partial charge is 0.0858 e. The zero-order valence-corrected chi connectivity index (χ0v) is 12.7. The van der Waals surface area contributed by atoms with Crippen LogP contribution in [-0.2, 0) is 0 Å². The Labute approximate surface area is 126 Å². The Bertz CT molecular complexity index is 547. The van der Waals surface area contributed by atoms with E-state index >= 15 is 0 Å². The third kappa shape index (κ3) is 5.75. The number of rotatable bonds is 7. The number of nitrogens with one attached hydrogen (secondary N) is 1. The predicted octanol–water partition coefficient (Wildman–Crippen LogP) is 4.47. The molecule has 0 aliphatic heterocycles. The molecule has 0 atom stereocenters. The first-order valence-corrected chi connectivity index (χ1v) is 7.19. The number of hydrogen-bond donors (Lipinski definition) is 1. The van der Waals surface area contributed by atoms with E-state index in [0.717, 1.165) is 36.6 Å². The largest absolute Gasteiger partial charge is 0.385 e. The number of anilines is 1. The molecule has 0 fully saturated rings. The van der Waals surface area contributed by atoms with E-state index in [1.165, 1.54) is 0 Å². The van der Waals surface area contributed by atoms with Crippen molar-refractivity contribution in [3.8, 4) is 0 Å². The van der Waals surface area contributed by atoms with Gasteiger partial charge in [0.1, 0.15) is 0 Å². The van der Waals surface area contributed by atoms with Gasteiger partial charge in [-0.05, 0) is 63.5 Å². The topological polar surface area (TPSA) is 40.0 Å². The van der Waals surface area contributed by atoms with E-state index in [9.17, 15) is 0 Å². The highest BCUT2D eigenvalue weighted by atomic mass is 15.1. The lowest BCUT2D eigenvalue weighted by Crippen LogP contribution is -2.16. The molecule has 0 aliphatic rings. The van der Waals surface area contributed by atoms with E-state index in [-0.39, 0.29) is 0 Å². The summed E-state index contributed by atoms with van der Waals surface area (Å²) < 4.78 is 0. The van der Waals surface area contributed by atoms with E-state index in [1.807, 2.05) is 54.6 Å². The van der Waals surface area contributed by atoms with Crippen LogP contribution in [-0.4, -0.2) is 32.1 Å². The van der Waals surface area contributed by atoms with E-state index < -0.39 is 0 Å². The molecule has 2 rings (SSSR count). The summed E-state index contributed by atoms with van der Waals surface area (Å²) in [7, 11) is 4.18. The molecule has 0 saturated carbocycles. The van der Waals surface area contributed by atoms with Crippen LogP contribution < -0.4 is 5.32 Å². The predicted molar refractivity (Wildman–Crippen MR) is 88.7 cm³/mol. The summed E-state index contributed by atoms with van der Waals surface area (Å²) >= 11 is 0. The summed E-state index contributed by atoms with van der Waals surface area (Å²) in [6, 6.07) is 17.8. The third-order valence-corrected chi connectivity index (χ3v) is 3.02. The Balaban J connectivity index is 1.83. The van der Waals surface area contributed by atoms with Crippen molar-refractivity contribution in [1.29, 1.82) is 0 Å². The molecule has 2 aromatic carbocycles. The molecule has 0 spiro atoms. The van der Waals surface area contributed by atoms with Crippen LogP contribution in [0.15, 0.2) is 64.8 Å². The van der Waals surface area contributed by atoms with Crippen LogP contribution in [0.4, 0.5) is 17.1 Å². The first kappa shape index (κ1) is 15.2. The zero-order valence-electron chi connectivity index (χ0n) is 12.7. The minimum atomic E-state index is 0.859. The molecule has 0 saturated heterocycles. The highest BCUT2D eigenvalue weighted by molar-refractivity contribution is 5.51. The van der Waals surface area contributed by atoms with Crippen LogP contribution in [0.25, 0.3) is 0 Å². The van der Waals surface area contributed by atoms with Gasteiger partial charge in [0.25, 0.3) is 0 Å². The second-order valence-electron chi connectivity index (χ2n) is 5.17. The Morgan fingerprint density at radius 2 is 1.48 bits per heavy atom. The second kappa shape index (κ2) is 8.17. The van der Waals surface area contributed by atoms with Crippen molar-refractivity contribution in [2.75, 3.05) is 32.5 Å². The maximum atomic E-state index is 4.23. The summed E-state index contributed by atoms with van der Waals surface area (Å²) in [5.41, 5.74) is 2.84. The van der Waals surface area contributed by atoms with Gasteiger partial charge < -0.3 is 10.2 Å². The van der Waals surface area contributed by atoms with Gasteiger partial charge in [0.15, 0.2) is 0 Å². The second-order valence-corrected chi connectivity index (χ2v) is 5.17. The molecular formula is C17H22N4. The van der Waals surface area contributed by atoms with E-state index in [2.05, 4.69) is 34.5 Å². The van der Waals surface area contributed by atoms with E-state index in [4.69, 9.17) is 0 Å². The minimum absolute atomic E-state index is 0.859. The zero-order chi connectivity index (χ0) is 14.9. The van der Waals surface area contributed by atoms with E-state index in [0.29, 0.717) is 0 Å². The van der Waals surface area contributed by atoms with Gasteiger partial charge in [-0.15, -0.1) is 0 Å². The molecule has 21 heavy (non-hydrogen) atoms. The first-order valence-electron chi connectivity index (χ1n) is 7.19. The van der Waals surface area contributed by atoms with Gasteiger partial charge in [-0.1, -0.05) is 18.2 Å². The van der Waals surface area contributed by atoms with Gasteiger partial charge in [-0.3, -0.25) is 0 Å². The summed E-state index contributed by atoms with van der Waals surface area (Å²) in [6.45, 7) is 2.07. The molecule has 2 aromatic rings. The van der Waals surface area contributed by atoms with Crippen LogP contribution in [0.1, 0.15) is 6.42 Å². The fourth-order valence-electron chi connectivity index (χ4n) is 1.88. The molecule has 0 aliphatic carbocycles. The lowest BCUT2D eigenvalue weighted by Gasteiger charge is -2.10. The van der Waals surface area contributed by atoms with Crippen molar-refractivity contribution in [2.45, 2.75) is 6.42 Å². The standard InChI is InChI=1S/C17H22N4/c1-21(2)14-6-13-18-15-9-11-17(12-10-15)20-19-16-7-4-3-5-8-16/h3-5,7-12,18H,6,13-14H2,1-2H3. The SMILES string of the molecule is CN(C)CCCNc1ccc(N=Nc2ccccc2)cc1. The van der Waals surface area contributed by atoms with Gasteiger partial charge in [0.2, 0.25) is 0 Å². The van der Waals surface area contributed by atoms with Crippen molar-refractivity contribution in [3.63, 3.8) is 0 Å². The molecular weight excluding hydrogens is 260 g/mol. The molecule has 0 radical (unpaired) electrons. The number of benzene rings is 2. The Morgan fingerprint density at radius 1 is 0.857 bits per heavy atom. The Kier molecular flexibility index (Phi) is 5.91. The summed E-state index contributed by atoms with van der Waals surface area (Å²) in [4.78, 5) is 2.19. The minimum Gasteiger partial charge on any atom is -0.385 e. The fourth-order valence-corrected chi connectivity index (χ4v) is 1.88. The van der Waals surface area contributed by atoms with Crippen molar-refractivity contribution >= 4 is 17.1 Å². The quantitative estimate of drug-likeness (QED) is 0.601. The average molecular weight is 282 g/mol. The van der Waals surface area contributed by atoms with Crippen LogP contribution >= 0.6 is 0 Å². The molecule has 110 valence electrons. The van der Waals surface area contributed by atoms with Crippen molar-refractivity contribution in [2.24, 2.45) is 10.2 Å². The van der Waals surface area contributed by atoms with Gasteiger partial charge in [-0.2, -0.15) is 10.2 Å². The highest BCUT2D eigenvalue weighted by Crippen LogP contribution is 2.19. The fraction of sp³-hybridized carbons (Fsp3) is 0.294. The summed E-state index contributed by atoms with van der Waals surface area (Å²) in [5.74, 6) is 0. The maximum Gasteiger partial charge on any atom is 0.0858 e. The number of hydrogen-bond acceptors (Lipinski definition) is 4. The molecule has 0 aromatic heterocycles. The van der Waals surface area contributed by atoms with Crippen LogP contribution in [0.3, 0.4) is 0 Å². The monoisotopic (exact) mass is 282 g/mol. The number of azo groups is 1. The lowest BCUT2D eigenvalue weighted by atomic mass is 10.3. The van der Waals surface area contributed by atoms with Crippen LogP contribution in [0.2, 0.25) is 0 Å². The lowest BCUT2D eigenvalue weighted by molar-refractivity contribution is 0.405. The Morgan fingerprint density at radius 3 is 2.10 bits per heavy atom. The summed E-state index contributed by atoms with van der Waals surface area (Å²) in [6.07, 6.45) is 1.13. The van der Waals surface area contributed by atoms with Crippen LogP contribution in [0.5, 0.6) is 0 Å². The summed E-state index contributed by atoms with van der Waals surface area (Å²) in [5, 5.41) is 11.8. The normalized spacial score (nSPS) is 11.2. The van der Waals surface area contributed by atoms with Crippen molar-refractivity contribution < 1.29 is 0 Å². The third-order valence-electron chi connectivity index (χ3n) is 3.02. The number of nitrogens with zero attached hydrogens (tertiary/aromatic N) is 3. The van der Waals surface area contributed by atoms with Gasteiger partial charge in [0, 0.05) is 12.2 Å². The van der Waals surface area contributed by atoms with Crippen LogP contribution in [0, 0.1) is 0 Å². The molecule has 0 amide bonds. The van der Waals surface area contributed by atoms with Crippen molar-refractivity contribution in [1.82, 2.24) is 4.90 Å². The highest BCUT2D eigenvalue weighted by Gasteiger charge is 1.94. The maximum absolute atomic E-state index is 4.23. The van der Waals surface area contributed by atoms with Gasteiger partial charge in [0.05, 0.1) is 11.4 Å². The first-order chi connectivity index (χ1) is 10.2. The van der Waals surface area contributed by atoms with E-state index in [1.54, 1.807) is 0 Å². The molecule has 4 heteroatoms. The van der Waals surface area contributed by atoms with Gasteiger partial charge in [-0.25, -0.2) is 0 Å². The average Bonchev–Trinajstić information content (AvgIpc) is 2.51.